The van der Waals surface area contributed by atoms with E-state index in [1.807, 2.05) is 55.5 Å². The van der Waals surface area contributed by atoms with Gasteiger partial charge in [0.1, 0.15) is 0 Å². The van der Waals surface area contributed by atoms with Crippen LogP contribution in [0.1, 0.15) is 11.3 Å². The van der Waals surface area contributed by atoms with Crippen LogP contribution in [0.4, 0.5) is 0 Å². The van der Waals surface area contributed by atoms with E-state index in [2.05, 4.69) is 22.1 Å². The number of hydrogen-bond acceptors (Lipinski definition) is 3. The summed E-state index contributed by atoms with van der Waals surface area (Å²) in [6, 6.07) is 20.0. The van der Waals surface area contributed by atoms with Crippen molar-refractivity contribution in [3.8, 4) is 11.3 Å². The van der Waals surface area contributed by atoms with E-state index in [9.17, 15) is 0 Å². The summed E-state index contributed by atoms with van der Waals surface area (Å²) in [4.78, 5) is 9.17. The number of rotatable bonds is 4. The fourth-order valence-electron chi connectivity index (χ4n) is 2.12. The summed E-state index contributed by atoms with van der Waals surface area (Å²) < 4.78 is 0. The standard InChI is InChI=1S/C18H15ClN2S/c1-13-11-17(14-7-3-2-4-8-14)21-18(20-13)22-12-15-9-5-6-10-16(15)19/h2-11H,12H2,1H3. The van der Waals surface area contributed by atoms with Crippen molar-refractivity contribution < 1.29 is 0 Å². The van der Waals surface area contributed by atoms with Gasteiger partial charge in [-0.05, 0) is 24.6 Å². The average molecular weight is 327 g/mol. The largest absolute Gasteiger partial charge is 0.228 e. The fraction of sp³-hybridized carbons (Fsp3) is 0.111. The topological polar surface area (TPSA) is 25.8 Å². The van der Waals surface area contributed by atoms with E-state index in [4.69, 9.17) is 11.6 Å². The molecule has 0 aliphatic heterocycles. The van der Waals surface area contributed by atoms with Crippen molar-refractivity contribution in [1.29, 1.82) is 0 Å². The Kier molecular flexibility index (Phi) is 4.76. The zero-order valence-corrected chi connectivity index (χ0v) is 13.7. The van der Waals surface area contributed by atoms with Gasteiger partial charge < -0.3 is 0 Å². The first-order valence-electron chi connectivity index (χ1n) is 7.00. The molecule has 0 unspecified atom stereocenters. The van der Waals surface area contributed by atoms with Crippen LogP contribution in [-0.4, -0.2) is 9.97 Å². The van der Waals surface area contributed by atoms with Gasteiger partial charge in [-0.3, -0.25) is 0 Å². The van der Waals surface area contributed by atoms with Gasteiger partial charge >= 0.3 is 0 Å². The van der Waals surface area contributed by atoms with E-state index in [1.54, 1.807) is 11.8 Å². The highest BCUT2D eigenvalue weighted by Crippen LogP contribution is 2.26. The Hall–Kier alpha value is -1.84. The third-order valence-corrected chi connectivity index (χ3v) is 4.48. The minimum Gasteiger partial charge on any atom is -0.228 e. The van der Waals surface area contributed by atoms with E-state index >= 15 is 0 Å². The van der Waals surface area contributed by atoms with Gasteiger partial charge in [-0.15, -0.1) is 0 Å². The molecular weight excluding hydrogens is 312 g/mol. The lowest BCUT2D eigenvalue weighted by Crippen LogP contribution is -1.94. The fourth-order valence-corrected chi connectivity index (χ4v) is 3.31. The van der Waals surface area contributed by atoms with Crippen molar-refractivity contribution in [2.45, 2.75) is 17.8 Å². The second-order valence-electron chi connectivity index (χ2n) is 4.92. The Morgan fingerprint density at radius 1 is 0.955 bits per heavy atom. The lowest BCUT2D eigenvalue weighted by atomic mass is 10.1. The van der Waals surface area contributed by atoms with Gasteiger partial charge in [-0.2, -0.15) is 0 Å². The SMILES string of the molecule is Cc1cc(-c2ccccc2)nc(SCc2ccccc2Cl)n1. The summed E-state index contributed by atoms with van der Waals surface area (Å²) >= 11 is 7.80. The molecule has 0 N–H and O–H groups in total. The van der Waals surface area contributed by atoms with Crippen molar-refractivity contribution in [1.82, 2.24) is 9.97 Å². The van der Waals surface area contributed by atoms with Crippen molar-refractivity contribution in [3.63, 3.8) is 0 Å². The molecule has 0 aliphatic carbocycles. The van der Waals surface area contributed by atoms with Gasteiger partial charge in [0.05, 0.1) is 5.69 Å². The number of aromatic nitrogens is 2. The number of halogens is 1. The number of aryl methyl sites for hydroxylation is 1. The molecule has 0 spiro atoms. The minimum absolute atomic E-state index is 0.761. The molecule has 0 saturated carbocycles. The molecule has 2 nitrogen and oxygen atoms in total. The summed E-state index contributed by atoms with van der Waals surface area (Å²) in [7, 11) is 0. The smallest absolute Gasteiger partial charge is 0.188 e. The molecule has 110 valence electrons. The van der Waals surface area contributed by atoms with Crippen LogP contribution >= 0.6 is 23.4 Å². The van der Waals surface area contributed by atoms with Gasteiger partial charge in [0, 0.05) is 22.0 Å². The maximum atomic E-state index is 6.19. The summed E-state index contributed by atoms with van der Waals surface area (Å²) in [5.41, 5.74) is 4.12. The lowest BCUT2D eigenvalue weighted by Gasteiger charge is -2.07. The molecule has 0 saturated heterocycles. The molecule has 3 aromatic rings. The highest BCUT2D eigenvalue weighted by molar-refractivity contribution is 7.98. The summed E-state index contributed by atoms with van der Waals surface area (Å²) in [5, 5.41) is 1.56. The van der Waals surface area contributed by atoms with Crippen molar-refractivity contribution >= 4 is 23.4 Å². The third kappa shape index (κ3) is 3.67. The van der Waals surface area contributed by atoms with Crippen LogP contribution in [0.2, 0.25) is 5.02 Å². The second kappa shape index (κ2) is 6.95. The van der Waals surface area contributed by atoms with E-state index in [-0.39, 0.29) is 0 Å². The summed E-state index contributed by atoms with van der Waals surface area (Å²) in [6.45, 7) is 1.99. The van der Waals surface area contributed by atoms with Gasteiger partial charge in [-0.1, -0.05) is 71.9 Å². The summed E-state index contributed by atoms with van der Waals surface area (Å²) in [6.07, 6.45) is 0. The van der Waals surface area contributed by atoms with Crippen LogP contribution in [0.3, 0.4) is 0 Å². The van der Waals surface area contributed by atoms with Crippen LogP contribution in [0, 0.1) is 6.92 Å². The summed E-state index contributed by atoms with van der Waals surface area (Å²) in [5.74, 6) is 0.761. The van der Waals surface area contributed by atoms with E-state index in [0.717, 1.165) is 38.4 Å². The normalized spacial score (nSPS) is 10.6. The predicted octanol–water partition coefficient (Wildman–Crippen LogP) is 5.40. The maximum absolute atomic E-state index is 6.19. The Bertz CT molecular complexity index is 775. The number of nitrogens with zero attached hydrogens (tertiary/aromatic N) is 2. The minimum atomic E-state index is 0.761. The molecule has 0 radical (unpaired) electrons. The number of thioether (sulfide) groups is 1. The molecule has 3 rings (SSSR count). The first kappa shape index (κ1) is 15.1. The molecule has 22 heavy (non-hydrogen) atoms. The zero-order chi connectivity index (χ0) is 15.4. The number of hydrogen-bond donors (Lipinski definition) is 0. The van der Waals surface area contributed by atoms with Crippen molar-refractivity contribution in [2.24, 2.45) is 0 Å². The highest BCUT2D eigenvalue weighted by atomic mass is 35.5. The van der Waals surface area contributed by atoms with Crippen molar-refractivity contribution in [2.75, 3.05) is 0 Å². The highest BCUT2D eigenvalue weighted by Gasteiger charge is 2.07. The van der Waals surface area contributed by atoms with Crippen LogP contribution in [0.25, 0.3) is 11.3 Å². The maximum Gasteiger partial charge on any atom is 0.188 e. The third-order valence-electron chi connectivity index (χ3n) is 3.22. The first-order valence-corrected chi connectivity index (χ1v) is 8.36. The van der Waals surface area contributed by atoms with Crippen molar-refractivity contribution in [3.05, 3.63) is 76.9 Å². The Morgan fingerprint density at radius 2 is 1.68 bits per heavy atom. The monoisotopic (exact) mass is 326 g/mol. The van der Waals surface area contributed by atoms with Crippen LogP contribution in [0.15, 0.2) is 65.8 Å². The second-order valence-corrected chi connectivity index (χ2v) is 6.27. The molecule has 0 amide bonds. The molecule has 4 heteroatoms. The molecule has 0 aliphatic rings. The van der Waals surface area contributed by atoms with Crippen LogP contribution in [-0.2, 0) is 5.75 Å². The molecule has 0 atom stereocenters. The van der Waals surface area contributed by atoms with Gasteiger partial charge in [0.25, 0.3) is 0 Å². The first-order chi connectivity index (χ1) is 10.7. The van der Waals surface area contributed by atoms with Gasteiger partial charge in [0.2, 0.25) is 0 Å². The Balaban J connectivity index is 1.83. The number of benzene rings is 2. The Labute approximate surface area is 139 Å². The zero-order valence-electron chi connectivity index (χ0n) is 12.2. The molecule has 0 bridgehead atoms. The molecule has 2 aromatic carbocycles. The molecular formula is C18H15ClN2S. The molecule has 0 fully saturated rings. The predicted molar refractivity (Wildman–Crippen MR) is 93.2 cm³/mol. The Morgan fingerprint density at radius 3 is 2.45 bits per heavy atom. The molecule has 1 aromatic heterocycles. The van der Waals surface area contributed by atoms with E-state index in [1.165, 1.54) is 0 Å². The average Bonchev–Trinajstić information content (AvgIpc) is 2.54. The quantitative estimate of drug-likeness (QED) is 0.474. The van der Waals surface area contributed by atoms with Crippen LogP contribution in [0.5, 0.6) is 0 Å². The lowest BCUT2D eigenvalue weighted by molar-refractivity contribution is 0.937. The van der Waals surface area contributed by atoms with Gasteiger partial charge in [-0.25, -0.2) is 9.97 Å². The van der Waals surface area contributed by atoms with E-state index < -0.39 is 0 Å². The molecule has 1 heterocycles. The van der Waals surface area contributed by atoms with E-state index in [0.29, 0.717) is 0 Å². The van der Waals surface area contributed by atoms with Gasteiger partial charge in [0.15, 0.2) is 5.16 Å². The van der Waals surface area contributed by atoms with Crippen LogP contribution < -0.4 is 0 Å².